The van der Waals surface area contributed by atoms with E-state index < -0.39 is 0 Å². The van der Waals surface area contributed by atoms with Crippen LogP contribution in [0.1, 0.15) is 10.4 Å². The number of fused-ring (bicyclic) bond motifs is 1. The molecule has 1 aliphatic heterocycles. The number of aryl methyl sites for hydroxylation is 1. The highest BCUT2D eigenvalue weighted by Gasteiger charge is 2.30. The lowest BCUT2D eigenvalue weighted by Crippen LogP contribution is -2.30. The van der Waals surface area contributed by atoms with Gasteiger partial charge in [0.05, 0.1) is 0 Å². The average molecular weight is 400 g/mol. The summed E-state index contributed by atoms with van der Waals surface area (Å²) in [5.74, 6) is 1.20. The van der Waals surface area contributed by atoms with Crippen molar-refractivity contribution < 1.29 is 9.36 Å². The molecule has 0 aliphatic carbocycles. The minimum absolute atomic E-state index is 0.131. The van der Waals surface area contributed by atoms with Crippen molar-refractivity contribution in [2.24, 2.45) is 0 Å². The van der Waals surface area contributed by atoms with Gasteiger partial charge in [0.15, 0.2) is 12.2 Å². The number of carbonyl (C=O) groups excluding carboxylic acids is 1. The number of ketones is 1. The Bertz CT molecular complexity index is 888. The first kappa shape index (κ1) is 15.7. The standard InChI is InChI=1S/C19H16BrN2OS/c20-16-8-6-15(7-9-16)18(23)13-22-17(14-4-2-1-3-5-14)12-21-10-11-24-19(21)22/h1-9,12H,10-11,13H2/q+1. The molecule has 0 unspecified atom stereocenters. The SMILES string of the molecule is O=C(Cn1c(-c2ccccc2)c[n+]2c1SCC2)c1ccc(Br)cc1. The van der Waals surface area contributed by atoms with Crippen molar-refractivity contribution in [2.45, 2.75) is 18.2 Å². The van der Waals surface area contributed by atoms with Crippen LogP contribution in [0.25, 0.3) is 11.3 Å². The van der Waals surface area contributed by atoms with Gasteiger partial charge in [-0.25, -0.2) is 9.13 Å². The third-order valence-corrected chi connectivity index (χ3v) is 5.77. The summed E-state index contributed by atoms with van der Waals surface area (Å²) in [4.78, 5) is 12.8. The molecule has 2 aromatic carbocycles. The van der Waals surface area contributed by atoms with E-state index in [2.05, 4.69) is 43.4 Å². The van der Waals surface area contributed by atoms with Gasteiger partial charge in [-0.15, -0.1) is 0 Å². The second-order valence-electron chi connectivity index (χ2n) is 5.72. The predicted octanol–water partition coefficient (Wildman–Crippen LogP) is 4.19. The van der Waals surface area contributed by atoms with Crippen molar-refractivity contribution in [3.05, 3.63) is 70.8 Å². The number of rotatable bonds is 4. The highest BCUT2D eigenvalue weighted by molar-refractivity contribution is 9.10. The first-order chi connectivity index (χ1) is 11.7. The summed E-state index contributed by atoms with van der Waals surface area (Å²) in [6, 6.07) is 17.8. The van der Waals surface area contributed by atoms with Gasteiger partial charge in [0.1, 0.15) is 12.7 Å². The molecular formula is C19H16BrN2OS+. The van der Waals surface area contributed by atoms with Crippen molar-refractivity contribution in [1.29, 1.82) is 0 Å². The number of carbonyl (C=O) groups is 1. The Hall–Kier alpha value is -1.85. The summed E-state index contributed by atoms with van der Waals surface area (Å²) >= 11 is 5.23. The van der Waals surface area contributed by atoms with E-state index in [-0.39, 0.29) is 5.78 Å². The van der Waals surface area contributed by atoms with Crippen LogP contribution in [0.2, 0.25) is 0 Å². The molecule has 0 saturated heterocycles. The number of aromatic nitrogens is 2. The van der Waals surface area contributed by atoms with Crippen molar-refractivity contribution in [1.82, 2.24) is 4.57 Å². The maximum Gasteiger partial charge on any atom is 0.319 e. The van der Waals surface area contributed by atoms with Crippen LogP contribution in [0.5, 0.6) is 0 Å². The largest absolute Gasteiger partial charge is 0.319 e. The highest BCUT2D eigenvalue weighted by atomic mass is 79.9. The van der Waals surface area contributed by atoms with Crippen LogP contribution < -0.4 is 4.57 Å². The molecular weight excluding hydrogens is 384 g/mol. The number of halogens is 1. The molecule has 0 N–H and O–H groups in total. The maximum absolute atomic E-state index is 12.8. The van der Waals surface area contributed by atoms with Gasteiger partial charge in [-0.05, 0) is 23.9 Å². The Morgan fingerprint density at radius 3 is 2.62 bits per heavy atom. The molecule has 0 spiro atoms. The number of benzene rings is 2. The molecule has 0 atom stereocenters. The van der Waals surface area contributed by atoms with E-state index in [9.17, 15) is 4.79 Å². The topological polar surface area (TPSA) is 25.9 Å². The Labute approximate surface area is 153 Å². The van der Waals surface area contributed by atoms with Crippen molar-refractivity contribution in [3.63, 3.8) is 0 Å². The second-order valence-corrected chi connectivity index (χ2v) is 7.70. The molecule has 3 nitrogen and oxygen atoms in total. The van der Waals surface area contributed by atoms with Crippen LogP contribution in [0.15, 0.2) is 70.4 Å². The monoisotopic (exact) mass is 399 g/mol. The number of Topliss-reactive ketones (excluding diaryl/α,β-unsaturated/α-hetero) is 1. The van der Waals surface area contributed by atoms with E-state index in [1.54, 1.807) is 0 Å². The summed E-state index contributed by atoms with van der Waals surface area (Å²) in [6.07, 6.45) is 2.17. The van der Waals surface area contributed by atoms with Gasteiger partial charge in [0.2, 0.25) is 5.78 Å². The van der Waals surface area contributed by atoms with Gasteiger partial charge in [0.25, 0.3) is 0 Å². The van der Waals surface area contributed by atoms with E-state index in [1.807, 2.05) is 54.2 Å². The van der Waals surface area contributed by atoms with Gasteiger partial charge in [-0.1, -0.05) is 58.4 Å². The van der Waals surface area contributed by atoms with Gasteiger partial charge in [0, 0.05) is 21.4 Å². The van der Waals surface area contributed by atoms with Crippen molar-refractivity contribution >= 4 is 33.5 Å². The first-order valence-electron chi connectivity index (χ1n) is 7.82. The van der Waals surface area contributed by atoms with E-state index >= 15 is 0 Å². The number of hydrogen-bond donors (Lipinski definition) is 0. The summed E-state index contributed by atoms with van der Waals surface area (Å²) < 4.78 is 5.39. The third kappa shape index (κ3) is 2.94. The summed E-state index contributed by atoms with van der Waals surface area (Å²) in [5, 5.41) is 1.17. The zero-order chi connectivity index (χ0) is 16.5. The minimum atomic E-state index is 0.131. The summed E-state index contributed by atoms with van der Waals surface area (Å²) in [6.45, 7) is 1.36. The minimum Gasteiger partial charge on any atom is -0.290 e. The molecule has 0 saturated carbocycles. The van der Waals surface area contributed by atoms with Gasteiger partial charge >= 0.3 is 5.16 Å². The molecule has 5 heteroatoms. The Morgan fingerprint density at radius 2 is 1.88 bits per heavy atom. The van der Waals surface area contributed by atoms with E-state index in [1.165, 1.54) is 5.16 Å². The smallest absolute Gasteiger partial charge is 0.290 e. The van der Waals surface area contributed by atoms with Crippen molar-refractivity contribution in [2.75, 3.05) is 5.75 Å². The van der Waals surface area contributed by atoms with Crippen LogP contribution in [-0.2, 0) is 13.1 Å². The maximum atomic E-state index is 12.8. The molecule has 0 fully saturated rings. The molecule has 0 radical (unpaired) electrons. The molecule has 120 valence electrons. The quantitative estimate of drug-likeness (QED) is 0.485. The van der Waals surface area contributed by atoms with E-state index in [0.717, 1.165) is 33.6 Å². The van der Waals surface area contributed by atoms with Crippen LogP contribution >= 0.6 is 27.7 Å². The van der Waals surface area contributed by atoms with Gasteiger partial charge < -0.3 is 0 Å². The average Bonchev–Trinajstić information content (AvgIpc) is 3.19. The number of nitrogens with zero attached hydrogens (tertiary/aromatic N) is 2. The van der Waals surface area contributed by atoms with Crippen LogP contribution in [0.3, 0.4) is 0 Å². The molecule has 3 aromatic rings. The lowest BCUT2D eigenvalue weighted by molar-refractivity contribution is -0.723. The highest BCUT2D eigenvalue weighted by Crippen LogP contribution is 2.28. The number of hydrogen-bond acceptors (Lipinski definition) is 2. The first-order valence-corrected chi connectivity index (χ1v) is 9.60. The Kier molecular flexibility index (Phi) is 4.29. The molecule has 2 heterocycles. The number of imidazole rings is 1. The third-order valence-electron chi connectivity index (χ3n) is 4.15. The normalized spacial score (nSPS) is 13.0. The van der Waals surface area contributed by atoms with Crippen LogP contribution in [-0.4, -0.2) is 16.1 Å². The zero-order valence-electron chi connectivity index (χ0n) is 13.0. The summed E-state index contributed by atoms with van der Waals surface area (Å²) in [7, 11) is 0. The molecule has 24 heavy (non-hydrogen) atoms. The second kappa shape index (κ2) is 6.57. The molecule has 4 rings (SSSR count). The number of thioether (sulfide) groups is 1. The van der Waals surface area contributed by atoms with Crippen molar-refractivity contribution in [3.8, 4) is 11.3 Å². The van der Waals surface area contributed by atoms with E-state index in [4.69, 9.17) is 0 Å². The molecule has 1 aliphatic rings. The summed E-state index contributed by atoms with van der Waals surface area (Å²) in [5.41, 5.74) is 2.99. The fourth-order valence-corrected chi connectivity index (χ4v) is 4.31. The lowest BCUT2D eigenvalue weighted by Gasteiger charge is -2.04. The zero-order valence-corrected chi connectivity index (χ0v) is 15.4. The molecule has 0 amide bonds. The van der Waals surface area contributed by atoms with E-state index in [0.29, 0.717) is 6.54 Å². The predicted molar refractivity (Wildman–Crippen MR) is 99.3 cm³/mol. The lowest BCUT2D eigenvalue weighted by atomic mass is 10.1. The van der Waals surface area contributed by atoms with Crippen LogP contribution in [0.4, 0.5) is 0 Å². The Morgan fingerprint density at radius 1 is 1.12 bits per heavy atom. The van der Waals surface area contributed by atoms with Gasteiger partial charge in [-0.2, -0.15) is 0 Å². The molecule has 0 bridgehead atoms. The Balaban J connectivity index is 1.72. The molecule has 1 aromatic heterocycles. The van der Waals surface area contributed by atoms with Gasteiger partial charge in [-0.3, -0.25) is 4.79 Å². The van der Waals surface area contributed by atoms with Crippen LogP contribution in [0, 0.1) is 0 Å². The fraction of sp³-hybridized carbons (Fsp3) is 0.158. The fourth-order valence-electron chi connectivity index (χ4n) is 2.95.